The minimum Gasteiger partial charge on any atom is -0.478 e. The average Bonchev–Trinajstić information content (AvgIpc) is 2.79. The lowest BCUT2D eigenvalue weighted by Gasteiger charge is -2.07. The van der Waals surface area contributed by atoms with Gasteiger partial charge in [-0.25, -0.2) is 9.18 Å². The molecule has 0 aliphatic rings. The Kier molecular flexibility index (Phi) is 3.53. The van der Waals surface area contributed by atoms with E-state index in [-0.39, 0.29) is 17.9 Å². The highest BCUT2D eigenvalue weighted by Crippen LogP contribution is 2.23. The fraction of sp³-hybridized carbons (Fsp3) is 0.0833. The molecule has 1 heterocycles. The molecule has 0 amide bonds. The lowest BCUT2D eigenvalue weighted by molar-refractivity contribution is 0.0694. The van der Waals surface area contributed by atoms with Crippen LogP contribution in [0.4, 0.5) is 10.1 Å². The summed E-state index contributed by atoms with van der Waals surface area (Å²) in [6.45, 7) is 0.109. The molecule has 2 N–H and O–H groups in total. The van der Waals surface area contributed by atoms with Crippen molar-refractivity contribution < 1.29 is 18.7 Å². The van der Waals surface area contributed by atoms with Gasteiger partial charge in [0, 0.05) is 0 Å². The van der Waals surface area contributed by atoms with Crippen LogP contribution >= 0.6 is 11.6 Å². The molecule has 0 radical (unpaired) electrons. The number of rotatable bonds is 4. The van der Waals surface area contributed by atoms with E-state index < -0.39 is 11.8 Å². The van der Waals surface area contributed by atoms with Crippen LogP contribution in [0.5, 0.6) is 0 Å². The molecule has 0 atom stereocenters. The molecule has 2 aromatic rings. The van der Waals surface area contributed by atoms with Crippen molar-refractivity contribution in [1.29, 1.82) is 0 Å². The first-order valence-electron chi connectivity index (χ1n) is 5.06. The van der Waals surface area contributed by atoms with E-state index in [0.717, 1.165) is 0 Å². The number of carboxylic acids is 1. The number of benzene rings is 1. The molecule has 4 nitrogen and oxygen atoms in total. The van der Waals surface area contributed by atoms with Gasteiger partial charge in [-0.2, -0.15) is 0 Å². The van der Waals surface area contributed by atoms with Gasteiger partial charge in [0.1, 0.15) is 17.1 Å². The molecule has 2 rings (SSSR count). The number of carboxylic acid groups (broad SMARTS) is 1. The lowest BCUT2D eigenvalue weighted by atomic mass is 10.2. The van der Waals surface area contributed by atoms with Crippen LogP contribution in [0.1, 0.15) is 16.1 Å². The second-order valence-corrected chi connectivity index (χ2v) is 3.95. The zero-order valence-electron chi connectivity index (χ0n) is 9.11. The highest BCUT2D eigenvalue weighted by molar-refractivity contribution is 6.33. The number of carbonyl (C=O) groups is 1. The summed E-state index contributed by atoms with van der Waals surface area (Å²) in [4.78, 5) is 10.8. The van der Waals surface area contributed by atoms with Crippen molar-refractivity contribution >= 4 is 23.3 Å². The van der Waals surface area contributed by atoms with E-state index in [1.165, 1.54) is 30.5 Å². The number of aromatic carboxylic acids is 1. The van der Waals surface area contributed by atoms with E-state index in [0.29, 0.717) is 10.7 Å². The highest BCUT2D eigenvalue weighted by atomic mass is 35.5. The Labute approximate surface area is 107 Å². The van der Waals surface area contributed by atoms with Crippen LogP contribution < -0.4 is 5.32 Å². The zero-order chi connectivity index (χ0) is 13.1. The molecule has 0 fully saturated rings. The summed E-state index contributed by atoms with van der Waals surface area (Å²) < 4.78 is 18.0. The summed E-state index contributed by atoms with van der Waals surface area (Å²) in [5.74, 6) is -1.26. The van der Waals surface area contributed by atoms with Gasteiger partial charge in [0.2, 0.25) is 0 Å². The molecule has 1 aromatic heterocycles. The third kappa shape index (κ3) is 2.62. The van der Waals surface area contributed by atoms with E-state index in [4.69, 9.17) is 21.1 Å². The van der Waals surface area contributed by atoms with E-state index in [1.54, 1.807) is 0 Å². The maximum absolute atomic E-state index is 13.0. The summed E-state index contributed by atoms with van der Waals surface area (Å²) in [7, 11) is 0. The molecule has 0 saturated carbocycles. The number of hydrogen-bond acceptors (Lipinski definition) is 3. The largest absolute Gasteiger partial charge is 0.478 e. The molecule has 6 heteroatoms. The molecular formula is C12H9ClFNO3. The van der Waals surface area contributed by atoms with Crippen LogP contribution in [0.2, 0.25) is 5.02 Å². The molecule has 0 aliphatic carbocycles. The summed E-state index contributed by atoms with van der Waals surface area (Å²) in [6.07, 6.45) is 1.29. The second-order valence-electron chi connectivity index (χ2n) is 3.54. The van der Waals surface area contributed by atoms with E-state index in [2.05, 4.69) is 5.32 Å². The van der Waals surface area contributed by atoms with Crippen LogP contribution in [0, 0.1) is 5.82 Å². The van der Waals surface area contributed by atoms with Gasteiger partial charge in [-0.15, -0.1) is 0 Å². The fourth-order valence-corrected chi connectivity index (χ4v) is 1.66. The minimum atomic E-state index is -1.08. The van der Waals surface area contributed by atoms with E-state index in [1.807, 2.05) is 0 Å². The molecule has 1 aromatic carbocycles. The summed E-state index contributed by atoms with van der Waals surface area (Å²) in [5.41, 5.74) is 0.444. The van der Waals surface area contributed by atoms with Crippen molar-refractivity contribution in [3.8, 4) is 0 Å². The van der Waals surface area contributed by atoms with Crippen molar-refractivity contribution in [1.82, 2.24) is 0 Å². The molecule has 0 saturated heterocycles. The van der Waals surface area contributed by atoms with Crippen molar-refractivity contribution in [2.75, 3.05) is 5.32 Å². The molecule has 0 unspecified atom stereocenters. The standard InChI is InChI=1S/C12H9ClFNO3/c13-9-2-1-7(14)5-10(9)15-6-11-8(12(16)17)3-4-18-11/h1-5,15H,6H2,(H,16,17). The van der Waals surface area contributed by atoms with Crippen LogP contribution in [-0.4, -0.2) is 11.1 Å². The first-order valence-corrected chi connectivity index (χ1v) is 5.44. The zero-order valence-corrected chi connectivity index (χ0v) is 9.87. The number of furan rings is 1. The Hall–Kier alpha value is -2.01. The van der Waals surface area contributed by atoms with Gasteiger partial charge >= 0.3 is 5.97 Å². The van der Waals surface area contributed by atoms with Crippen LogP contribution in [-0.2, 0) is 6.54 Å². The first-order chi connectivity index (χ1) is 8.58. The Balaban J connectivity index is 2.14. The van der Waals surface area contributed by atoms with Gasteiger partial charge in [-0.3, -0.25) is 0 Å². The number of halogens is 2. The topological polar surface area (TPSA) is 62.5 Å². The van der Waals surface area contributed by atoms with E-state index in [9.17, 15) is 9.18 Å². The first kappa shape index (κ1) is 12.4. The maximum atomic E-state index is 13.0. The van der Waals surface area contributed by atoms with Crippen molar-refractivity contribution in [2.45, 2.75) is 6.54 Å². The third-order valence-electron chi connectivity index (χ3n) is 2.34. The van der Waals surface area contributed by atoms with Crippen molar-refractivity contribution in [3.63, 3.8) is 0 Å². The average molecular weight is 270 g/mol. The highest BCUT2D eigenvalue weighted by Gasteiger charge is 2.13. The van der Waals surface area contributed by atoms with Gasteiger partial charge in [-0.1, -0.05) is 11.6 Å². The van der Waals surface area contributed by atoms with Gasteiger partial charge in [0.15, 0.2) is 0 Å². The molecule has 0 bridgehead atoms. The summed E-state index contributed by atoms with van der Waals surface area (Å²) in [6, 6.07) is 5.24. The van der Waals surface area contributed by atoms with Gasteiger partial charge in [0.25, 0.3) is 0 Å². The predicted octanol–water partition coefficient (Wildman–Crippen LogP) is 3.38. The van der Waals surface area contributed by atoms with Gasteiger partial charge in [0.05, 0.1) is 23.5 Å². The summed E-state index contributed by atoms with van der Waals surface area (Å²) >= 11 is 5.86. The fourth-order valence-electron chi connectivity index (χ4n) is 1.48. The quantitative estimate of drug-likeness (QED) is 0.893. The normalized spacial score (nSPS) is 10.3. The maximum Gasteiger partial charge on any atom is 0.339 e. The Morgan fingerprint density at radius 1 is 1.44 bits per heavy atom. The van der Waals surface area contributed by atoms with Crippen LogP contribution in [0.15, 0.2) is 34.9 Å². The Morgan fingerprint density at radius 3 is 2.94 bits per heavy atom. The molecule has 18 heavy (non-hydrogen) atoms. The number of hydrogen-bond donors (Lipinski definition) is 2. The Morgan fingerprint density at radius 2 is 2.22 bits per heavy atom. The van der Waals surface area contributed by atoms with Crippen molar-refractivity contribution in [3.05, 3.63) is 52.7 Å². The van der Waals surface area contributed by atoms with Gasteiger partial charge in [-0.05, 0) is 24.3 Å². The van der Waals surface area contributed by atoms with Crippen LogP contribution in [0.25, 0.3) is 0 Å². The molecule has 94 valence electrons. The lowest BCUT2D eigenvalue weighted by Crippen LogP contribution is -2.05. The second kappa shape index (κ2) is 5.10. The van der Waals surface area contributed by atoms with Crippen LogP contribution in [0.3, 0.4) is 0 Å². The minimum absolute atomic E-state index is 0.0648. The number of anilines is 1. The smallest absolute Gasteiger partial charge is 0.339 e. The molecule has 0 spiro atoms. The summed E-state index contributed by atoms with van der Waals surface area (Å²) in [5, 5.41) is 12.0. The number of nitrogens with one attached hydrogen (secondary N) is 1. The Bertz CT molecular complexity index is 582. The molecule has 0 aliphatic heterocycles. The predicted molar refractivity (Wildman–Crippen MR) is 64.4 cm³/mol. The van der Waals surface area contributed by atoms with Crippen molar-refractivity contribution in [2.24, 2.45) is 0 Å². The van der Waals surface area contributed by atoms with E-state index >= 15 is 0 Å². The molecular weight excluding hydrogens is 261 g/mol. The van der Waals surface area contributed by atoms with Gasteiger partial charge < -0.3 is 14.8 Å². The monoisotopic (exact) mass is 269 g/mol. The third-order valence-corrected chi connectivity index (χ3v) is 2.67. The SMILES string of the molecule is O=C(O)c1ccoc1CNc1cc(F)ccc1Cl.